The fourth-order valence-corrected chi connectivity index (χ4v) is 4.80. The summed E-state index contributed by atoms with van der Waals surface area (Å²) in [4.78, 5) is 27.5. The molecule has 1 N–H and O–H groups in total. The van der Waals surface area contributed by atoms with Crippen LogP contribution in [-0.4, -0.2) is 42.5 Å². The number of amides is 2. The van der Waals surface area contributed by atoms with Crippen LogP contribution in [0.3, 0.4) is 0 Å². The molecule has 5 heteroatoms. The number of fused-ring (bicyclic) bond motifs is 1. The van der Waals surface area contributed by atoms with Gasteiger partial charge in [-0.05, 0) is 43.4 Å². The van der Waals surface area contributed by atoms with Crippen LogP contribution in [0.5, 0.6) is 5.75 Å². The van der Waals surface area contributed by atoms with Gasteiger partial charge in [-0.25, -0.2) is 0 Å². The van der Waals surface area contributed by atoms with Crippen molar-refractivity contribution in [2.75, 3.05) is 13.7 Å². The minimum Gasteiger partial charge on any atom is -0.497 e. The average molecular weight is 342 g/mol. The third kappa shape index (κ3) is 2.79. The summed E-state index contributed by atoms with van der Waals surface area (Å²) in [5.74, 6) is 1.02. The second kappa shape index (κ2) is 6.36. The predicted molar refractivity (Wildman–Crippen MR) is 94.4 cm³/mol. The van der Waals surface area contributed by atoms with Crippen LogP contribution in [0.4, 0.5) is 0 Å². The van der Waals surface area contributed by atoms with Gasteiger partial charge in [-0.2, -0.15) is 0 Å². The van der Waals surface area contributed by atoms with Gasteiger partial charge < -0.3 is 15.0 Å². The topological polar surface area (TPSA) is 58.6 Å². The normalized spacial score (nSPS) is 29.1. The molecular formula is C20H26N2O3. The van der Waals surface area contributed by atoms with E-state index in [0.29, 0.717) is 19.4 Å². The summed E-state index contributed by atoms with van der Waals surface area (Å²) in [5, 5.41) is 3.28. The van der Waals surface area contributed by atoms with Gasteiger partial charge in [0.1, 0.15) is 5.75 Å². The van der Waals surface area contributed by atoms with Crippen molar-refractivity contribution in [2.24, 2.45) is 0 Å². The van der Waals surface area contributed by atoms with Crippen LogP contribution in [0.2, 0.25) is 0 Å². The molecule has 0 aromatic heterocycles. The highest BCUT2D eigenvalue weighted by Gasteiger charge is 2.54. The smallest absolute Gasteiger partial charge is 0.232 e. The molecule has 1 aromatic rings. The summed E-state index contributed by atoms with van der Waals surface area (Å²) in [6, 6.07) is 8.26. The SMILES string of the molecule is COc1cccc([C@]2(C(=O)NC3CCCC3)C[C@@H]3CCC(=O)N3C2)c1. The minimum atomic E-state index is -0.655. The monoisotopic (exact) mass is 342 g/mol. The summed E-state index contributed by atoms with van der Waals surface area (Å²) in [6.45, 7) is 0.488. The van der Waals surface area contributed by atoms with Gasteiger partial charge in [0, 0.05) is 25.0 Å². The molecule has 2 atom stereocenters. The van der Waals surface area contributed by atoms with Gasteiger partial charge in [-0.3, -0.25) is 9.59 Å². The summed E-state index contributed by atoms with van der Waals surface area (Å²) in [6.07, 6.45) is 6.68. The lowest BCUT2D eigenvalue weighted by atomic mass is 9.76. The quantitative estimate of drug-likeness (QED) is 0.914. The number of nitrogens with one attached hydrogen (secondary N) is 1. The van der Waals surface area contributed by atoms with Crippen molar-refractivity contribution in [3.8, 4) is 5.75 Å². The molecule has 3 fully saturated rings. The summed E-state index contributed by atoms with van der Waals surface area (Å²) in [7, 11) is 1.64. The van der Waals surface area contributed by atoms with Gasteiger partial charge >= 0.3 is 0 Å². The number of methoxy groups -OCH3 is 1. The number of carbonyl (C=O) groups excluding carboxylic acids is 2. The zero-order valence-corrected chi connectivity index (χ0v) is 14.8. The lowest BCUT2D eigenvalue weighted by Crippen LogP contribution is -2.49. The zero-order chi connectivity index (χ0) is 17.4. The number of benzene rings is 1. The molecule has 1 saturated carbocycles. The highest BCUT2D eigenvalue weighted by atomic mass is 16.5. The molecule has 2 saturated heterocycles. The molecule has 2 heterocycles. The number of nitrogens with zero attached hydrogens (tertiary/aromatic N) is 1. The van der Waals surface area contributed by atoms with Crippen molar-refractivity contribution >= 4 is 11.8 Å². The van der Waals surface area contributed by atoms with E-state index in [9.17, 15) is 9.59 Å². The molecule has 0 unspecified atom stereocenters. The van der Waals surface area contributed by atoms with E-state index < -0.39 is 5.41 Å². The standard InChI is InChI=1S/C20H26N2O3/c1-25-17-8-4-5-14(11-17)20(19(24)21-15-6-2-3-7-15)12-16-9-10-18(23)22(16)13-20/h4-5,8,11,15-16H,2-3,6-7,9-10,12-13H2,1H3,(H,21,24)/t16-,20-/m0/s1. The highest BCUT2D eigenvalue weighted by Crippen LogP contribution is 2.44. The largest absolute Gasteiger partial charge is 0.497 e. The maximum atomic E-state index is 13.4. The van der Waals surface area contributed by atoms with Crippen molar-refractivity contribution in [3.63, 3.8) is 0 Å². The molecule has 2 amide bonds. The molecular weight excluding hydrogens is 316 g/mol. The van der Waals surface area contributed by atoms with Crippen LogP contribution >= 0.6 is 0 Å². The lowest BCUT2D eigenvalue weighted by molar-refractivity contribution is -0.129. The maximum Gasteiger partial charge on any atom is 0.232 e. The Bertz CT molecular complexity index is 683. The molecule has 134 valence electrons. The molecule has 0 bridgehead atoms. The number of hydrogen-bond acceptors (Lipinski definition) is 3. The summed E-state index contributed by atoms with van der Waals surface area (Å²) in [5.41, 5.74) is 0.308. The van der Waals surface area contributed by atoms with Crippen LogP contribution in [0, 0.1) is 0 Å². The van der Waals surface area contributed by atoms with Crippen LogP contribution < -0.4 is 10.1 Å². The van der Waals surface area contributed by atoms with E-state index in [1.54, 1.807) is 7.11 Å². The maximum absolute atomic E-state index is 13.4. The van der Waals surface area contributed by atoms with Crippen molar-refractivity contribution in [1.29, 1.82) is 0 Å². The fraction of sp³-hybridized carbons (Fsp3) is 0.600. The highest BCUT2D eigenvalue weighted by molar-refractivity contribution is 5.91. The van der Waals surface area contributed by atoms with E-state index in [0.717, 1.165) is 30.6 Å². The second-order valence-electron chi connectivity index (χ2n) is 7.69. The number of ether oxygens (including phenoxy) is 1. The van der Waals surface area contributed by atoms with Crippen molar-refractivity contribution in [1.82, 2.24) is 10.2 Å². The minimum absolute atomic E-state index is 0.0786. The Balaban J connectivity index is 1.68. The first-order chi connectivity index (χ1) is 12.1. The number of carbonyl (C=O) groups is 2. The van der Waals surface area contributed by atoms with E-state index in [1.807, 2.05) is 29.2 Å². The van der Waals surface area contributed by atoms with Crippen molar-refractivity contribution in [3.05, 3.63) is 29.8 Å². The predicted octanol–water partition coefficient (Wildman–Crippen LogP) is 2.39. The Labute approximate surface area is 148 Å². The third-order valence-corrected chi connectivity index (χ3v) is 6.22. The van der Waals surface area contributed by atoms with Gasteiger partial charge in [0.25, 0.3) is 0 Å². The lowest BCUT2D eigenvalue weighted by Gasteiger charge is -2.30. The van der Waals surface area contributed by atoms with E-state index in [1.165, 1.54) is 12.8 Å². The summed E-state index contributed by atoms with van der Waals surface area (Å²) < 4.78 is 5.38. The van der Waals surface area contributed by atoms with Crippen LogP contribution in [0.15, 0.2) is 24.3 Å². The van der Waals surface area contributed by atoms with Gasteiger partial charge in [0.2, 0.25) is 11.8 Å². The summed E-state index contributed by atoms with van der Waals surface area (Å²) >= 11 is 0. The Morgan fingerprint density at radius 1 is 1.28 bits per heavy atom. The molecule has 4 rings (SSSR count). The van der Waals surface area contributed by atoms with Crippen molar-refractivity contribution in [2.45, 2.75) is 62.4 Å². The van der Waals surface area contributed by atoms with Crippen molar-refractivity contribution < 1.29 is 14.3 Å². The van der Waals surface area contributed by atoms with E-state index >= 15 is 0 Å². The Kier molecular flexibility index (Phi) is 4.18. The van der Waals surface area contributed by atoms with Gasteiger partial charge in [-0.1, -0.05) is 25.0 Å². The van der Waals surface area contributed by atoms with Crippen LogP contribution in [0.25, 0.3) is 0 Å². The fourth-order valence-electron chi connectivity index (χ4n) is 4.80. The molecule has 0 radical (unpaired) electrons. The molecule has 2 aliphatic heterocycles. The average Bonchev–Trinajstić information content (AvgIpc) is 3.34. The Hall–Kier alpha value is -2.04. The van der Waals surface area contributed by atoms with Crippen LogP contribution in [-0.2, 0) is 15.0 Å². The van der Waals surface area contributed by atoms with Gasteiger partial charge in [0.15, 0.2) is 0 Å². The number of hydrogen-bond donors (Lipinski definition) is 1. The first-order valence-corrected chi connectivity index (χ1v) is 9.37. The first-order valence-electron chi connectivity index (χ1n) is 9.37. The second-order valence-corrected chi connectivity index (χ2v) is 7.69. The third-order valence-electron chi connectivity index (χ3n) is 6.22. The van der Waals surface area contributed by atoms with Crippen LogP contribution in [0.1, 0.15) is 50.5 Å². The first kappa shape index (κ1) is 16.4. The molecule has 3 aliphatic rings. The Morgan fingerprint density at radius 3 is 2.80 bits per heavy atom. The number of rotatable bonds is 4. The van der Waals surface area contributed by atoms with E-state index in [2.05, 4.69) is 5.32 Å². The molecule has 1 aromatic carbocycles. The van der Waals surface area contributed by atoms with Gasteiger partial charge in [0.05, 0.1) is 12.5 Å². The Morgan fingerprint density at radius 2 is 2.08 bits per heavy atom. The molecule has 0 spiro atoms. The van der Waals surface area contributed by atoms with E-state index in [-0.39, 0.29) is 23.9 Å². The van der Waals surface area contributed by atoms with E-state index in [4.69, 9.17) is 4.74 Å². The molecule has 25 heavy (non-hydrogen) atoms. The van der Waals surface area contributed by atoms with Gasteiger partial charge in [-0.15, -0.1) is 0 Å². The molecule has 1 aliphatic carbocycles. The zero-order valence-electron chi connectivity index (χ0n) is 14.8. The molecule has 5 nitrogen and oxygen atoms in total.